The number of aryl methyl sites for hydroxylation is 2. The van der Waals surface area contributed by atoms with Gasteiger partial charge in [0.05, 0.1) is 4.90 Å². The average molecular weight is 283 g/mol. The van der Waals surface area contributed by atoms with Crippen molar-refractivity contribution in [1.29, 1.82) is 0 Å². The first kappa shape index (κ1) is 16.2. The molecule has 1 atom stereocenters. The molecule has 0 amide bonds. The number of hydrogen-bond acceptors (Lipinski definition) is 3. The third-order valence-corrected chi connectivity index (χ3v) is 4.51. The third-order valence-electron chi connectivity index (χ3n) is 3.58. The van der Waals surface area contributed by atoms with E-state index in [1.165, 1.54) is 12.5 Å². The highest BCUT2D eigenvalue weighted by Crippen LogP contribution is 2.20. The van der Waals surface area contributed by atoms with Crippen LogP contribution in [0.5, 0.6) is 0 Å². The Morgan fingerprint density at radius 3 is 2.53 bits per heavy atom. The lowest BCUT2D eigenvalue weighted by Crippen LogP contribution is -2.04. The van der Waals surface area contributed by atoms with Gasteiger partial charge in [-0.3, -0.25) is 0 Å². The summed E-state index contributed by atoms with van der Waals surface area (Å²) in [5.74, 6) is 0.709. The Labute approximate surface area is 116 Å². The quantitative estimate of drug-likeness (QED) is 0.567. The van der Waals surface area contributed by atoms with Gasteiger partial charge in [-0.2, -0.15) is 0 Å². The van der Waals surface area contributed by atoms with Crippen molar-refractivity contribution in [3.05, 3.63) is 29.3 Å². The smallest absolute Gasteiger partial charge is 0.124 e. The van der Waals surface area contributed by atoms with Gasteiger partial charge in [-0.05, 0) is 37.3 Å². The SMILES string of the molecule is CCC(C)CCCCc1cc(C)ccc1S(=O)(=O)[O-]. The second-order valence-electron chi connectivity index (χ2n) is 5.32. The maximum absolute atomic E-state index is 11.2. The first-order valence-corrected chi connectivity index (χ1v) is 8.30. The highest BCUT2D eigenvalue weighted by atomic mass is 32.2. The van der Waals surface area contributed by atoms with E-state index in [2.05, 4.69) is 13.8 Å². The molecule has 0 spiro atoms. The van der Waals surface area contributed by atoms with Crippen molar-refractivity contribution in [3.63, 3.8) is 0 Å². The van der Waals surface area contributed by atoms with Crippen molar-refractivity contribution >= 4 is 10.1 Å². The summed E-state index contributed by atoms with van der Waals surface area (Å²) in [5.41, 5.74) is 1.66. The van der Waals surface area contributed by atoms with Crippen molar-refractivity contribution in [2.24, 2.45) is 5.92 Å². The first-order valence-electron chi connectivity index (χ1n) is 6.90. The van der Waals surface area contributed by atoms with Crippen molar-refractivity contribution in [2.75, 3.05) is 0 Å². The molecule has 3 nitrogen and oxygen atoms in total. The summed E-state index contributed by atoms with van der Waals surface area (Å²) in [7, 11) is -4.36. The highest BCUT2D eigenvalue weighted by molar-refractivity contribution is 7.85. The minimum Gasteiger partial charge on any atom is -0.744 e. The van der Waals surface area contributed by atoms with Crippen LogP contribution in [0.2, 0.25) is 0 Å². The molecule has 1 aromatic carbocycles. The highest BCUT2D eigenvalue weighted by Gasteiger charge is 2.09. The topological polar surface area (TPSA) is 57.2 Å². The van der Waals surface area contributed by atoms with E-state index < -0.39 is 10.1 Å². The summed E-state index contributed by atoms with van der Waals surface area (Å²) in [5, 5.41) is 0. The van der Waals surface area contributed by atoms with Crippen LogP contribution in [-0.2, 0) is 16.5 Å². The lowest BCUT2D eigenvalue weighted by Gasteiger charge is -2.14. The fourth-order valence-electron chi connectivity index (χ4n) is 2.16. The normalized spacial score (nSPS) is 13.5. The maximum atomic E-state index is 11.2. The van der Waals surface area contributed by atoms with Gasteiger partial charge in [0.1, 0.15) is 10.1 Å². The summed E-state index contributed by atoms with van der Waals surface area (Å²) in [4.78, 5) is -0.0540. The van der Waals surface area contributed by atoms with Crippen molar-refractivity contribution in [1.82, 2.24) is 0 Å². The number of hydrogen-bond donors (Lipinski definition) is 0. The van der Waals surface area contributed by atoms with Gasteiger partial charge in [-0.25, -0.2) is 8.42 Å². The van der Waals surface area contributed by atoms with E-state index in [1.807, 2.05) is 13.0 Å². The van der Waals surface area contributed by atoms with Crippen LogP contribution >= 0.6 is 0 Å². The molecule has 0 radical (unpaired) electrons. The average Bonchev–Trinajstić information content (AvgIpc) is 2.32. The number of unbranched alkanes of at least 4 members (excludes halogenated alkanes) is 1. The molecule has 0 aliphatic rings. The van der Waals surface area contributed by atoms with Gasteiger partial charge in [0, 0.05) is 0 Å². The Balaban J connectivity index is 2.70. The molecule has 0 bridgehead atoms. The fourth-order valence-corrected chi connectivity index (χ4v) is 2.88. The molecule has 1 unspecified atom stereocenters. The number of rotatable bonds is 7. The summed E-state index contributed by atoms with van der Waals surface area (Å²) in [6.07, 6.45) is 4.99. The van der Waals surface area contributed by atoms with Crippen LogP contribution in [0.1, 0.15) is 50.7 Å². The second-order valence-corrected chi connectivity index (χ2v) is 6.67. The maximum Gasteiger partial charge on any atom is 0.124 e. The summed E-state index contributed by atoms with van der Waals surface area (Å²) in [6, 6.07) is 4.92. The van der Waals surface area contributed by atoms with Crippen LogP contribution < -0.4 is 0 Å². The summed E-state index contributed by atoms with van der Waals surface area (Å²) < 4.78 is 33.6. The lowest BCUT2D eigenvalue weighted by molar-refractivity contribution is 0.460. The molecular formula is C15H23O3S-. The van der Waals surface area contributed by atoms with Crippen molar-refractivity contribution in [3.8, 4) is 0 Å². The van der Waals surface area contributed by atoms with E-state index >= 15 is 0 Å². The van der Waals surface area contributed by atoms with E-state index in [4.69, 9.17) is 0 Å². The molecule has 0 fully saturated rings. The monoisotopic (exact) mass is 283 g/mol. The summed E-state index contributed by atoms with van der Waals surface area (Å²) in [6.45, 7) is 6.30. The second kappa shape index (κ2) is 7.06. The molecule has 1 aromatic rings. The van der Waals surface area contributed by atoms with Crippen LogP contribution in [-0.4, -0.2) is 13.0 Å². The Morgan fingerprint density at radius 1 is 1.26 bits per heavy atom. The van der Waals surface area contributed by atoms with E-state index in [9.17, 15) is 13.0 Å². The first-order chi connectivity index (χ1) is 8.84. The Morgan fingerprint density at radius 2 is 1.95 bits per heavy atom. The van der Waals surface area contributed by atoms with Crippen molar-refractivity contribution in [2.45, 2.75) is 57.8 Å². The van der Waals surface area contributed by atoms with Gasteiger partial charge in [0.25, 0.3) is 0 Å². The minimum atomic E-state index is -4.36. The Kier molecular flexibility index (Phi) is 6.01. The zero-order valence-electron chi connectivity index (χ0n) is 12.0. The van der Waals surface area contributed by atoms with E-state index in [0.29, 0.717) is 17.9 Å². The summed E-state index contributed by atoms with van der Waals surface area (Å²) >= 11 is 0. The molecule has 4 heteroatoms. The zero-order valence-corrected chi connectivity index (χ0v) is 12.8. The molecule has 0 aliphatic heterocycles. The van der Waals surface area contributed by atoms with Crippen molar-refractivity contribution < 1.29 is 13.0 Å². The van der Waals surface area contributed by atoms with Crippen LogP contribution in [0, 0.1) is 12.8 Å². The Bertz CT molecular complexity index is 506. The molecule has 0 N–H and O–H groups in total. The van der Waals surface area contributed by atoms with Gasteiger partial charge in [0.15, 0.2) is 0 Å². The molecule has 0 saturated carbocycles. The number of benzene rings is 1. The van der Waals surface area contributed by atoms with Gasteiger partial charge >= 0.3 is 0 Å². The van der Waals surface area contributed by atoms with E-state index in [0.717, 1.165) is 24.8 Å². The van der Waals surface area contributed by atoms with Crippen LogP contribution in [0.15, 0.2) is 23.1 Å². The van der Waals surface area contributed by atoms with Gasteiger partial charge in [0.2, 0.25) is 0 Å². The molecular weight excluding hydrogens is 260 g/mol. The lowest BCUT2D eigenvalue weighted by atomic mass is 9.99. The molecule has 1 rings (SSSR count). The molecule has 0 saturated heterocycles. The van der Waals surface area contributed by atoms with E-state index in [1.54, 1.807) is 6.07 Å². The van der Waals surface area contributed by atoms with E-state index in [-0.39, 0.29) is 4.90 Å². The standard InChI is InChI=1S/C15H24O3S/c1-4-12(2)7-5-6-8-14-11-13(3)9-10-15(14)19(16,17)18/h9-12H,4-8H2,1-3H3,(H,16,17,18)/p-1. The van der Waals surface area contributed by atoms with Gasteiger partial charge in [-0.1, -0.05) is 50.8 Å². The molecule has 0 heterocycles. The molecule has 19 heavy (non-hydrogen) atoms. The van der Waals surface area contributed by atoms with Crippen LogP contribution in [0.4, 0.5) is 0 Å². The van der Waals surface area contributed by atoms with Crippen LogP contribution in [0.3, 0.4) is 0 Å². The molecule has 0 aliphatic carbocycles. The third kappa shape index (κ3) is 5.33. The van der Waals surface area contributed by atoms with Gasteiger partial charge in [-0.15, -0.1) is 0 Å². The fraction of sp³-hybridized carbons (Fsp3) is 0.600. The van der Waals surface area contributed by atoms with Gasteiger partial charge < -0.3 is 4.55 Å². The predicted molar refractivity (Wildman–Crippen MR) is 76.2 cm³/mol. The minimum absolute atomic E-state index is 0.0540. The molecule has 108 valence electrons. The largest absolute Gasteiger partial charge is 0.744 e. The predicted octanol–water partition coefficient (Wildman–Crippen LogP) is 3.66. The van der Waals surface area contributed by atoms with Crippen LogP contribution in [0.25, 0.3) is 0 Å². The zero-order chi connectivity index (χ0) is 14.5. The Hall–Kier alpha value is -0.870. The molecule has 0 aromatic heterocycles.